The number of aliphatic hydroxyl groups is 1. The van der Waals surface area contributed by atoms with Gasteiger partial charge in [0.25, 0.3) is 0 Å². The summed E-state index contributed by atoms with van der Waals surface area (Å²) >= 11 is 0. The summed E-state index contributed by atoms with van der Waals surface area (Å²) in [6, 6.07) is 7.69. The normalized spacial score (nSPS) is 16.7. The molecule has 5 nitrogen and oxygen atoms in total. The predicted molar refractivity (Wildman–Crippen MR) is 90.4 cm³/mol. The van der Waals surface area contributed by atoms with E-state index in [9.17, 15) is 4.79 Å². The molecule has 1 aliphatic heterocycles. The van der Waals surface area contributed by atoms with Crippen molar-refractivity contribution in [1.82, 2.24) is 5.32 Å². The summed E-state index contributed by atoms with van der Waals surface area (Å²) < 4.78 is 0. The second-order valence-electron chi connectivity index (χ2n) is 5.93. The van der Waals surface area contributed by atoms with Crippen LogP contribution in [0.5, 0.6) is 0 Å². The Balaban J connectivity index is 2.02. The van der Waals surface area contributed by atoms with Crippen molar-refractivity contribution in [3.8, 4) is 0 Å². The molecule has 22 heavy (non-hydrogen) atoms. The minimum atomic E-state index is -0.219. The second-order valence-corrected chi connectivity index (χ2v) is 5.93. The minimum absolute atomic E-state index is 0.0460. The van der Waals surface area contributed by atoms with Gasteiger partial charge in [-0.1, -0.05) is 25.0 Å². The quantitative estimate of drug-likeness (QED) is 0.783. The molecule has 1 aromatic rings. The zero-order chi connectivity index (χ0) is 15.8. The molecular formula is C17H27N3O2. The summed E-state index contributed by atoms with van der Waals surface area (Å²) in [7, 11) is 0. The number of benzene rings is 1. The maximum atomic E-state index is 12.1. The summed E-state index contributed by atoms with van der Waals surface area (Å²) in [6.45, 7) is 4.05. The van der Waals surface area contributed by atoms with Crippen LogP contribution >= 0.6 is 0 Å². The first kappa shape index (κ1) is 16.6. The smallest absolute Gasteiger partial charge is 0.319 e. The second kappa shape index (κ2) is 8.63. The molecule has 1 aromatic carbocycles. The lowest BCUT2D eigenvalue weighted by molar-refractivity contribution is 0.241. The van der Waals surface area contributed by atoms with Gasteiger partial charge in [-0.05, 0) is 38.3 Å². The molecule has 5 heteroatoms. The summed E-state index contributed by atoms with van der Waals surface area (Å²) in [5.74, 6) is 0. The molecular weight excluding hydrogens is 278 g/mol. The van der Waals surface area contributed by atoms with Crippen molar-refractivity contribution in [3.63, 3.8) is 0 Å². The Morgan fingerprint density at radius 3 is 2.59 bits per heavy atom. The number of hydrogen-bond acceptors (Lipinski definition) is 3. The van der Waals surface area contributed by atoms with Gasteiger partial charge in [0.05, 0.1) is 11.4 Å². The molecule has 0 aliphatic carbocycles. The van der Waals surface area contributed by atoms with Gasteiger partial charge in [0, 0.05) is 25.7 Å². The summed E-state index contributed by atoms with van der Waals surface area (Å²) in [6.07, 6.45) is 5.53. The number of carbonyl (C=O) groups is 1. The summed E-state index contributed by atoms with van der Waals surface area (Å²) in [4.78, 5) is 14.4. The van der Waals surface area contributed by atoms with Gasteiger partial charge in [0.1, 0.15) is 0 Å². The standard InChI is InChI=1S/C17H27N3O2/c1-14(10-13-21)18-17(22)19-15-8-4-5-9-16(15)20-11-6-2-3-7-12-20/h4-5,8-9,14,21H,2-3,6-7,10-13H2,1H3,(H2,18,19,22)/t14-/m1/s1. The van der Waals surface area contributed by atoms with Crippen molar-refractivity contribution in [3.05, 3.63) is 24.3 Å². The van der Waals surface area contributed by atoms with E-state index in [2.05, 4.69) is 21.6 Å². The Morgan fingerprint density at radius 1 is 1.23 bits per heavy atom. The van der Waals surface area contributed by atoms with Gasteiger partial charge in [-0.15, -0.1) is 0 Å². The first-order chi connectivity index (χ1) is 10.7. The van der Waals surface area contributed by atoms with E-state index in [1.54, 1.807) is 0 Å². The molecule has 1 atom stereocenters. The van der Waals surface area contributed by atoms with Crippen LogP contribution in [0.25, 0.3) is 0 Å². The van der Waals surface area contributed by atoms with E-state index < -0.39 is 0 Å². The van der Waals surface area contributed by atoms with E-state index in [4.69, 9.17) is 5.11 Å². The van der Waals surface area contributed by atoms with Crippen LogP contribution in [0.15, 0.2) is 24.3 Å². The van der Waals surface area contributed by atoms with Crippen LogP contribution in [0.1, 0.15) is 39.0 Å². The van der Waals surface area contributed by atoms with Gasteiger partial charge < -0.3 is 20.6 Å². The lowest BCUT2D eigenvalue weighted by Gasteiger charge is -2.25. The number of carbonyl (C=O) groups excluding carboxylic acids is 1. The van der Waals surface area contributed by atoms with E-state index >= 15 is 0 Å². The van der Waals surface area contributed by atoms with E-state index in [0.717, 1.165) is 24.5 Å². The van der Waals surface area contributed by atoms with E-state index in [1.165, 1.54) is 25.7 Å². The third-order valence-electron chi connectivity index (χ3n) is 4.04. The Labute approximate surface area is 132 Å². The molecule has 1 heterocycles. The number of para-hydroxylation sites is 2. The third-order valence-corrected chi connectivity index (χ3v) is 4.04. The van der Waals surface area contributed by atoms with E-state index in [1.807, 2.05) is 25.1 Å². The molecule has 0 aromatic heterocycles. The van der Waals surface area contributed by atoms with Crippen LogP contribution in [-0.2, 0) is 0 Å². The van der Waals surface area contributed by atoms with Gasteiger partial charge in [-0.2, -0.15) is 0 Å². The molecule has 1 fully saturated rings. The van der Waals surface area contributed by atoms with Crippen molar-refractivity contribution in [1.29, 1.82) is 0 Å². The van der Waals surface area contributed by atoms with Crippen LogP contribution in [0.3, 0.4) is 0 Å². The first-order valence-corrected chi connectivity index (χ1v) is 8.23. The molecule has 0 unspecified atom stereocenters. The third kappa shape index (κ3) is 4.91. The summed E-state index contributed by atoms with van der Waals surface area (Å²) in [5, 5.41) is 14.7. The number of urea groups is 1. The predicted octanol–water partition coefficient (Wildman–Crippen LogP) is 2.96. The van der Waals surface area contributed by atoms with Gasteiger partial charge >= 0.3 is 6.03 Å². The molecule has 1 aliphatic rings. The Morgan fingerprint density at radius 2 is 1.91 bits per heavy atom. The molecule has 3 N–H and O–H groups in total. The fourth-order valence-electron chi connectivity index (χ4n) is 2.81. The van der Waals surface area contributed by atoms with Crippen LogP contribution < -0.4 is 15.5 Å². The van der Waals surface area contributed by atoms with Crippen molar-refractivity contribution >= 4 is 17.4 Å². The van der Waals surface area contributed by atoms with Gasteiger partial charge in [0.2, 0.25) is 0 Å². The molecule has 122 valence electrons. The highest BCUT2D eigenvalue weighted by molar-refractivity contribution is 5.93. The topological polar surface area (TPSA) is 64.6 Å². The lowest BCUT2D eigenvalue weighted by atomic mass is 10.2. The minimum Gasteiger partial charge on any atom is -0.396 e. The average molecular weight is 305 g/mol. The number of aliphatic hydroxyl groups excluding tert-OH is 1. The number of anilines is 2. The maximum absolute atomic E-state index is 12.1. The number of nitrogens with one attached hydrogen (secondary N) is 2. The first-order valence-electron chi connectivity index (χ1n) is 8.23. The SMILES string of the molecule is C[C@H](CCO)NC(=O)Nc1ccccc1N1CCCCCC1. The molecule has 0 saturated carbocycles. The van der Waals surface area contributed by atoms with Crippen molar-refractivity contribution in [2.24, 2.45) is 0 Å². The number of rotatable bonds is 5. The average Bonchev–Trinajstić information content (AvgIpc) is 2.77. The van der Waals surface area contributed by atoms with Gasteiger partial charge in [-0.25, -0.2) is 4.79 Å². The van der Waals surface area contributed by atoms with Crippen molar-refractivity contribution < 1.29 is 9.90 Å². The maximum Gasteiger partial charge on any atom is 0.319 e. The molecule has 0 radical (unpaired) electrons. The Hall–Kier alpha value is -1.75. The highest BCUT2D eigenvalue weighted by atomic mass is 16.3. The molecule has 2 amide bonds. The zero-order valence-corrected chi connectivity index (χ0v) is 13.3. The number of nitrogens with zero attached hydrogens (tertiary/aromatic N) is 1. The fraction of sp³-hybridized carbons (Fsp3) is 0.588. The summed E-state index contributed by atoms with van der Waals surface area (Å²) in [5.41, 5.74) is 1.94. The van der Waals surface area contributed by atoms with Crippen molar-refractivity contribution in [2.45, 2.75) is 45.1 Å². The van der Waals surface area contributed by atoms with Crippen LogP contribution in [-0.4, -0.2) is 36.9 Å². The molecule has 0 bridgehead atoms. The monoisotopic (exact) mass is 305 g/mol. The molecule has 0 spiro atoms. The Bertz CT molecular complexity index is 471. The highest BCUT2D eigenvalue weighted by Crippen LogP contribution is 2.27. The van der Waals surface area contributed by atoms with Crippen LogP contribution in [0.2, 0.25) is 0 Å². The number of hydrogen-bond donors (Lipinski definition) is 3. The van der Waals surface area contributed by atoms with Crippen LogP contribution in [0.4, 0.5) is 16.2 Å². The van der Waals surface area contributed by atoms with E-state index in [0.29, 0.717) is 6.42 Å². The van der Waals surface area contributed by atoms with Gasteiger partial charge in [-0.3, -0.25) is 0 Å². The zero-order valence-electron chi connectivity index (χ0n) is 13.3. The lowest BCUT2D eigenvalue weighted by Crippen LogP contribution is -2.37. The van der Waals surface area contributed by atoms with Gasteiger partial charge in [0.15, 0.2) is 0 Å². The highest BCUT2D eigenvalue weighted by Gasteiger charge is 2.15. The molecule has 2 rings (SSSR count). The Kier molecular flexibility index (Phi) is 6.52. The van der Waals surface area contributed by atoms with Crippen molar-refractivity contribution in [2.75, 3.05) is 29.9 Å². The fourth-order valence-corrected chi connectivity index (χ4v) is 2.81. The molecule has 1 saturated heterocycles. The van der Waals surface area contributed by atoms with E-state index in [-0.39, 0.29) is 18.7 Å². The number of amides is 2. The van der Waals surface area contributed by atoms with Crippen LogP contribution in [0, 0.1) is 0 Å². The largest absolute Gasteiger partial charge is 0.396 e.